The molecule has 132 valence electrons. The van der Waals surface area contributed by atoms with E-state index >= 15 is 0 Å². The maximum atomic E-state index is 12.6. The monoisotopic (exact) mass is 340 g/mol. The van der Waals surface area contributed by atoms with Crippen LogP contribution in [0.2, 0.25) is 0 Å². The van der Waals surface area contributed by atoms with Crippen molar-refractivity contribution in [3.8, 4) is 0 Å². The van der Waals surface area contributed by atoms with Crippen LogP contribution in [-0.4, -0.2) is 18.7 Å². The summed E-state index contributed by atoms with van der Waals surface area (Å²) in [6.45, 7) is 8.56. The summed E-state index contributed by atoms with van der Waals surface area (Å²) in [5, 5.41) is 0. The summed E-state index contributed by atoms with van der Waals surface area (Å²) in [7, 11) is 3.12. The van der Waals surface area contributed by atoms with Gasteiger partial charge in [-0.1, -0.05) is 45.0 Å². The lowest BCUT2D eigenvalue weighted by atomic mass is 9.86. The van der Waals surface area contributed by atoms with Crippen molar-refractivity contribution in [2.45, 2.75) is 39.2 Å². The molecule has 0 N–H and O–H groups in total. The third kappa shape index (κ3) is 2.71. The fraction of sp³-hybridized carbons (Fsp3) is 0.421. The van der Waals surface area contributed by atoms with E-state index in [4.69, 9.17) is 0 Å². The first-order valence-electron chi connectivity index (χ1n) is 8.36. The number of imidazole rings is 1. The van der Waals surface area contributed by atoms with Gasteiger partial charge >= 0.3 is 5.69 Å². The molecule has 3 aromatic rings. The van der Waals surface area contributed by atoms with Crippen molar-refractivity contribution in [3.05, 3.63) is 62.6 Å². The van der Waals surface area contributed by atoms with Gasteiger partial charge in [0.1, 0.15) is 0 Å². The van der Waals surface area contributed by atoms with E-state index in [-0.39, 0.29) is 22.7 Å². The minimum absolute atomic E-state index is 0.0655. The minimum Gasteiger partial charge on any atom is -0.317 e. The molecule has 1 atom stereocenters. The Bertz CT molecular complexity index is 1050. The third-order valence-corrected chi connectivity index (χ3v) is 4.85. The first-order valence-corrected chi connectivity index (χ1v) is 8.36. The normalized spacial score (nSPS) is 13.4. The molecule has 2 heterocycles. The lowest BCUT2D eigenvalue weighted by molar-refractivity contribution is 0.588. The Hall–Kier alpha value is -2.63. The van der Waals surface area contributed by atoms with Crippen LogP contribution in [0.3, 0.4) is 0 Å². The highest BCUT2D eigenvalue weighted by Crippen LogP contribution is 2.26. The largest absolute Gasteiger partial charge is 0.332 e. The molecule has 1 aromatic carbocycles. The topological polar surface area (TPSA) is 61.8 Å². The first kappa shape index (κ1) is 17.2. The lowest BCUT2D eigenvalue weighted by Gasteiger charge is -2.21. The summed E-state index contributed by atoms with van der Waals surface area (Å²) < 4.78 is 4.36. The van der Waals surface area contributed by atoms with Crippen molar-refractivity contribution in [1.29, 1.82) is 0 Å². The average Bonchev–Trinajstić information content (AvgIpc) is 3.02. The SMILES string of the molecule is CC(c1ccc(C(C)(C)C)cc1)n1cnc2c1c(=O)n(C)c(=O)n2C. The van der Waals surface area contributed by atoms with E-state index < -0.39 is 0 Å². The predicted octanol–water partition coefficient (Wildman–Crippen LogP) is 2.34. The standard InChI is InChI=1S/C19H24N4O2/c1-12(13-7-9-14(10-8-13)19(2,3)4)23-11-20-16-15(23)17(24)22(6)18(25)21(16)5/h7-12H,1-6H3. The number of hydrogen-bond donors (Lipinski definition) is 0. The third-order valence-electron chi connectivity index (χ3n) is 4.85. The average molecular weight is 340 g/mol. The Kier molecular flexibility index (Phi) is 3.94. The molecule has 3 rings (SSSR count). The molecule has 6 heteroatoms. The molecule has 0 aliphatic heterocycles. The number of aryl methyl sites for hydroxylation is 1. The highest BCUT2D eigenvalue weighted by Gasteiger charge is 2.19. The van der Waals surface area contributed by atoms with Crippen molar-refractivity contribution >= 4 is 11.2 Å². The fourth-order valence-electron chi connectivity index (χ4n) is 3.08. The molecule has 0 radical (unpaired) electrons. The molecule has 1 unspecified atom stereocenters. The summed E-state index contributed by atoms with van der Waals surface area (Å²) in [6.07, 6.45) is 1.63. The van der Waals surface area contributed by atoms with Gasteiger partial charge in [-0.2, -0.15) is 0 Å². The molecule has 0 spiro atoms. The van der Waals surface area contributed by atoms with Crippen LogP contribution < -0.4 is 11.2 Å². The van der Waals surface area contributed by atoms with Crippen molar-refractivity contribution in [3.63, 3.8) is 0 Å². The second-order valence-corrected chi connectivity index (χ2v) is 7.58. The van der Waals surface area contributed by atoms with Gasteiger partial charge in [0.15, 0.2) is 11.2 Å². The molecule has 0 fully saturated rings. The van der Waals surface area contributed by atoms with E-state index in [1.807, 2.05) is 11.5 Å². The molecular formula is C19H24N4O2. The van der Waals surface area contributed by atoms with E-state index in [0.29, 0.717) is 11.2 Å². The van der Waals surface area contributed by atoms with Crippen molar-refractivity contribution in [1.82, 2.24) is 18.7 Å². The molecular weight excluding hydrogens is 316 g/mol. The highest BCUT2D eigenvalue weighted by atomic mass is 16.2. The zero-order chi connectivity index (χ0) is 18.5. The number of nitrogens with zero attached hydrogens (tertiary/aromatic N) is 4. The molecule has 0 aliphatic rings. The maximum absolute atomic E-state index is 12.6. The van der Waals surface area contributed by atoms with E-state index in [0.717, 1.165) is 10.1 Å². The van der Waals surface area contributed by atoms with Gasteiger partial charge in [-0.25, -0.2) is 9.78 Å². The van der Waals surface area contributed by atoms with E-state index in [1.165, 1.54) is 17.2 Å². The smallest absolute Gasteiger partial charge is 0.317 e. The summed E-state index contributed by atoms with van der Waals surface area (Å²) >= 11 is 0. The lowest BCUT2D eigenvalue weighted by Crippen LogP contribution is -2.37. The van der Waals surface area contributed by atoms with Crippen LogP contribution in [0.15, 0.2) is 40.2 Å². The van der Waals surface area contributed by atoms with Crippen LogP contribution in [0.5, 0.6) is 0 Å². The Morgan fingerprint density at radius 1 is 1.00 bits per heavy atom. The molecule has 0 bridgehead atoms. The Labute approximate surface area is 146 Å². The summed E-state index contributed by atoms with van der Waals surface area (Å²) in [5.41, 5.74) is 2.60. The molecule has 0 saturated carbocycles. The summed E-state index contributed by atoms with van der Waals surface area (Å²) in [6, 6.07) is 8.36. The molecule has 2 aromatic heterocycles. The Morgan fingerprint density at radius 2 is 1.60 bits per heavy atom. The molecule has 6 nitrogen and oxygen atoms in total. The van der Waals surface area contributed by atoms with Gasteiger partial charge in [-0.3, -0.25) is 13.9 Å². The van der Waals surface area contributed by atoms with Crippen LogP contribution in [0, 0.1) is 0 Å². The molecule has 0 amide bonds. The Morgan fingerprint density at radius 3 is 2.16 bits per heavy atom. The van der Waals surface area contributed by atoms with Gasteiger partial charge in [-0.05, 0) is 23.5 Å². The van der Waals surface area contributed by atoms with Gasteiger partial charge in [-0.15, -0.1) is 0 Å². The van der Waals surface area contributed by atoms with Crippen LogP contribution in [0.1, 0.15) is 44.9 Å². The fourth-order valence-corrected chi connectivity index (χ4v) is 3.08. The minimum atomic E-state index is -0.370. The second kappa shape index (κ2) is 5.72. The van der Waals surface area contributed by atoms with Crippen LogP contribution in [-0.2, 0) is 19.5 Å². The van der Waals surface area contributed by atoms with Gasteiger partial charge in [0.05, 0.1) is 12.4 Å². The molecule has 0 aliphatic carbocycles. The number of rotatable bonds is 2. The Balaban J connectivity index is 2.14. The summed E-state index contributed by atoms with van der Waals surface area (Å²) in [5.74, 6) is 0. The number of hydrogen-bond acceptors (Lipinski definition) is 3. The molecule has 25 heavy (non-hydrogen) atoms. The van der Waals surface area contributed by atoms with E-state index in [9.17, 15) is 9.59 Å². The number of aromatic nitrogens is 4. The van der Waals surface area contributed by atoms with E-state index in [2.05, 4.69) is 50.0 Å². The van der Waals surface area contributed by atoms with Crippen molar-refractivity contribution in [2.24, 2.45) is 14.1 Å². The van der Waals surface area contributed by atoms with Crippen molar-refractivity contribution in [2.75, 3.05) is 0 Å². The van der Waals surface area contributed by atoms with Crippen molar-refractivity contribution < 1.29 is 0 Å². The van der Waals surface area contributed by atoms with Gasteiger partial charge in [0.2, 0.25) is 0 Å². The number of fused-ring (bicyclic) bond motifs is 1. The van der Waals surface area contributed by atoms with Crippen LogP contribution in [0.4, 0.5) is 0 Å². The second-order valence-electron chi connectivity index (χ2n) is 7.58. The predicted molar refractivity (Wildman–Crippen MR) is 99.2 cm³/mol. The highest BCUT2D eigenvalue weighted by molar-refractivity contribution is 5.70. The zero-order valence-electron chi connectivity index (χ0n) is 15.6. The van der Waals surface area contributed by atoms with Gasteiger partial charge in [0.25, 0.3) is 5.56 Å². The van der Waals surface area contributed by atoms with Gasteiger partial charge < -0.3 is 4.57 Å². The molecule has 0 saturated heterocycles. The first-order chi connectivity index (χ1) is 11.6. The quantitative estimate of drug-likeness (QED) is 0.719. The zero-order valence-corrected chi connectivity index (χ0v) is 15.6. The van der Waals surface area contributed by atoms with Gasteiger partial charge in [0, 0.05) is 14.1 Å². The number of benzene rings is 1. The summed E-state index contributed by atoms with van der Waals surface area (Å²) in [4.78, 5) is 29.0. The van der Waals surface area contributed by atoms with Crippen LogP contribution >= 0.6 is 0 Å². The van der Waals surface area contributed by atoms with E-state index in [1.54, 1.807) is 13.4 Å². The maximum Gasteiger partial charge on any atom is 0.332 e. The van der Waals surface area contributed by atoms with Crippen LogP contribution in [0.25, 0.3) is 11.2 Å².